The van der Waals surface area contributed by atoms with Gasteiger partial charge >= 0.3 is 0 Å². The van der Waals surface area contributed by atoms with Crippen LogP contribution in [0.4, 0.5) is 0 Å². The molecule has 0 unspecified atom stereocenters. The van der Waals surface area contributed by atoms with Crippen molar-refractivity contribution in [3.63, 3.8) is 0 Å². The molecule has 0 spiro atoms. The maximum atomic E-state index is 5.77. The van der Waals surface area contributed by atoms with Gasteiger partial charge in [0.2, 0.25) is 0 Å². The molecule has 0 N–H and O–H groups in total. The van der Waals surface area contributed by atoms with Crippen LogP contribution in [0.3, 0.4) is 0 Å². The summed E-state index contributed by atoms with van der Waals surface area (Å²) in [5.74, 6) is 1.04. The van der Waals surface area contributed by atoms with Crippen molar-refractivity contribution < 1.29 is 0 Å². The lowest BCUT2D eigenvalue weighted by atomic mass is 10.2. The lowest BCUT2D eigenvalue weighted by molar-refractivity contribution is 1.05. The smallest absolute Gasteiger partial charge is 0.161 e. The van der Waals surface area contributed by atoms with Gasteiger partial charge in [0.15, 0.2) is 5.82 Å². The van der Waals surface area contributed by atoms with Crippen LogP contribution in [0.1, 0.15) is 11.4 Å². The lowest BCUT2D eigenvalue weighted by Crippen LogP contribution is -1.96. The number of aryl methyl sites for hydroxylation is 1. The molecule has 0 aliphatic heterocycles. The Morgan fingerprint density at radius 1 is 1.25 bits per heavy atom. The average Bonchev–Trinajstić information content (AvgIpc) is 2.28. The zero-order valence-electron chi connectivity index (χ0n) is 8.61. The van der Waals surface area contributed by atoms with E-state index in [1.807, 2.05) is 19.1 Å². The molecule has 0 aliphatic rings. The van der Waals surface area contributed by atoms with E-state index in [1.165, 1.54) is 0 Å². The van der Waals surface area contributed by atoms with Crippen molar-refractivity contribution in [2.24, 2.45) is 0 Å². The van der Waals surface area contributed by atoms with Crippen LogP contribution in [0.2, 0.25) is 0 Å². The lowest BCUT2D eigenvalue weighted by Gasteiger charge is -2.04. The summed E-state index contributed by atoms with van der Waals surface area (Å²) in [6, 6.07) is 3.81. The number of hydrogen-bond donors (Lipinski definition) is 0. The van der Waals surface area contributed by atoms with Crippen LogP contribution in [0.25, 0.3) is 11.4 Å². The minimum atomic E-state index is 0.387. The van der Waals surface area contributed by atoms with Crippen molar-refractivity contribution in [2.45, 2.75) is 12.8 Å². The van der Waals surface area contributed by atoms with Gasteiger partial charge in [0.05, 0.1) is 11.6 Å². The Morgan fingerprint density at radius 2 is 2.06 bits per heavy atom. The summed E-state index contributed by atoms with van der Waals surface area (Å²) >= 11 is 9.14. The standard InChI is InChI=1S/C11H9BrClN3/c1-7-2-10(4-13)16-11(15-7)8-3-9(12)6-14-5-8/h2-3,5-6H,4H2,1H3. The SMILES string of the molecule is Cc1cc(CCl)nc(-c2cncc(Br)c2)n1. The second-order valence-electron chi connectivity index (χ2n) is 3.35. The van der Waals surface area contributed by atoms with E-state index in [0.717, 1.165) is 21.4 Å². The van der Waals surface area contributed by atoms with Crippen molar-refractivity contribution in [2.75, 3.05) is 0 Å². The molecule has 2 heterocycles. The molecule has 0 aromatic carbocycles. The van der Waals surface area contributed by atoms with Gasteiger partial charge in [-0.1, -0.05) is 0 Å². The zero-order valence-corrected chi connectivity index (χ0v) is 11.0. The van der Waals surface area contributed by atoms with Crippen molar-refractivity contribution in [3.8, 4) is 11.4 Å². The summed E-state index contributed by atoms with van der Waals surface area (Å²) < 4.78 is 0.905. The van der Waals surface area contributed by atoms with Crippen LogP contribution >= 0.6 is 27.5 Å². The first-order chi connectivity index (χ1) is 7.69. The predicted molar refractivity (Wildman–Crippen MR) is 67.3 cm³/mol. The topological polar surface area (TPSA) is 38.7 Å². The normalized spacial score (nSPS) is 10.4. The molecule has 5 heteroatoms. The zero-order chi connectivity index (χ0) is 11.5. The molecule has 0 amide bonds. The first kappa shape index (κ1) is 11.5. The first-order valence-corrected chi connectivity index (χ1v) is 6.03. The van der Waals surface area contributed by atoms with Crippen LogP contribution in [-0.2, 0) is 5.88 Å². The van der Waals surface area contributed by atoms with Gasteiger partial charge in [-0.3, -0.25) is 4.98 Å². The molecule has 0 bridgehead atoms. The van der Waals surface area contributed by atoms with E-state index >= 15 is 0 Å². The van der Waals surface area contributed by atoms with Crippen molar-refractivity contribution in [1.29, 1.82) is 0 Å². The third-order valence-corrected chi connectivity index (χ3v) is 2.71. The summed E-state index contributed by atoms with van der Waals surface area (Å²) in [7, 11) is 0. The Bertz CT molecular complexity index is 516. The summed E-state index contributed by atoms with van der Waals surface area (Å²) in [5.41, 5.74) is 2.61. The maximum Gasteiger partial charge on any atom is 0.161 e. The van der Waals surface area contributed by atoms with Gasteiger partial charge in [0.1, 0.15) is 0 Å². The minimum Gasteiger partial charge on any atom is -0.263 e. The summed E-state index contributed by atoms with van der Waals surface area (Å²) in [4.78, 5) is 12.8. The van der Waals surface area contributed by atoms with Gasteiger partial charge in [0.25, 0.3) is 0 Å². The van der Waals surface area contributed by atoms with Gasteiger partial charge in [-0.2, -0.15) is 0 Å². The van der Waals surface area contributed by atoms with Gasteiger partial charge in [-0.25, -0.2) is 9.97 Å². The van der Waals surface area contributed by atoms with E-state index < -0.39 is 0 Å². The fraction of sp³-hybridized carbons (Fsp3) is 0.182. The highest BCUT2D eigenvalue weighted by Gasteiger charge is 2.05. The quantitative estimate of drug-likeness (QED) is 0.798. The number of hydrogen-bond acceptors (Lipinski definition) is 3. The fourth-order valence-electron chi connectivity index (χ4n) is 1.37. The van der Waals surface area contributed by atoms with E-state index in [4.69, 9.17) is 11.6 Å². The van der Waals surface area contributed by atoms with Gasteiger partial charge in [-0.15, -0.1) is 11.6 Å². The molecule has 2 aromatic rings. The van der Waals surface area contributed by atoms with Gasteiger partial charge in [-0.05, 0) is 35.0 Å². The number of alkyl halides is 1. The van der Waals surface area contributed by atoms with E-state index in [0.29, 0.717) is 11.7 Å². The van der Waals surface area contributed by atoms with E-state index in [1.54, 1.807) is 12.4 Å². The molecular formula is C11H9BrClN3. The van der Waals surface area contributed by atoms with Crippen LogP contribution in [0, 0.1) is 6.92 Å². The highest BCUT2D eigenvalue weighted by atomic mass is 79.9. The molecule has 0 atom stereocenters. The molecule has 82 valence electrons. The number of aromatic nitrogens is 3. The van der Waals surface area contributed by atoms with Crippen LogP contribution in [-0.4, -0.2) is 15.0 Å². The van der Waals surface area contributed by atoms with E-state index in [9.17, 15) is 0 Å². The minimum absolute atomic E-state index is 0.387. The Hall–Kier alpha value is -1.00. The molecular weight excluding hydrogens is 289 g/mol. The number of nitrogens with zero attached hydrogens (tertiary/aromatic N) is 3. The third kappa shape index (κ3) is 2.57. The summed E-state index contributed by atoms with van der Waals surface area (Å²) in [5, 5.41) is 0. The molecule has 0 radical (unpaired) electrons. The van der Waals surface area contributed by atoms with Gasteiger partial charge in [0, 0.05) is 28.1 Å². The number of pyridine rings is 1. The molecule has 0 aliphatic carbocycles. The first-order valence-electron chi connectivity index (χ1n) is 4.70. The summed E-state index contributed by atoms with van der Waals surface area (Å²) in [6.07, 6.45) is 3.46. The van der Waals surface area contributed by atoms with Crippen molar-refractivity contribution in [1.82, 2.24) is 15.0 Å². The van der Waals surface area contributed by atoms with Gasteiger partial charge < -0.3 is 0 Å². The predicted octanol–water partition coefficient (Wildman–Crippen LogP) is 3.35. The third-order valence-electron chi connectivity index (χ3n) is 2.01. The Labute approximate surface area is 107 Å². The maximum absolute atomic E-state index is 5.77. The summed E-state index contributed by atoms with van der Waals surface area (Å²) in [6.45, 7) is 1.92. The van der Waals surface area contributed by atoms with E-state index in [2.05, 4.69) is 30.9 Å². The average molecular weight is 299 g/mol. The molecule has 3 nitrogen and oxygen atoms in total. The van der Waals surface area contributed by atoms with Crippen molar-refractivity contribution in [3.05, 3.63) is 40.4 Å². The molecule has 0 saturated carbocycles. The van der Waals surface area contributed by atoms with Crippen LogP contribution < -0.4 is 0 Å². The van der Waals surface area contributed by atoms with E-state index in [-0.39, 0.29) is 0 Å². The highest BCUT2D eigenvalue weighted by Crippen LogP contribution is 2.19. The Balaban J connectivity index is 2.51. The second-order valence-corrected chi connectivity index (χ2v) is 4.53. The molecule has 16 heavy (non-hydrogen) atoms. The van der Waals surface area contributed by atoms with Crippen molar-refractivity contribution >= 4 is 27.5 Å². The molecule has 0 saturated heterocycles. The second kappa shape index (κ2) is 4.89. The van der Waals surface area contributed by atoms with Crippen LogP contribution in [0.5, 0.6) is 0 Å². The molecule has 2 aromatic heterocycles. The Morgan fingerprint density at radius 3 is 2.75 bits per heavy atom. The molecule has 2 rings (SSSR count). The fourth-order valence-corrected chi connectivity index (χ4v) is 1.87. The number of rotatable bonds is 2. The largest absolute Gasteiger partial charge is 0.263 e. The molecule has 0 fully saturated rings. The number of halogens is 2. The Kier molecular flexibility index (Phi) is 3.51. The van der Waals surface area contributed by atoms with Crippen LogP contribution in [0.15, 0.2) is 29.0 Å². The monoisotopic (exact) mass is 297 g/mol. The highest BCUT2D eigenvalue weighted by molar-refractivity contribution is 9.10.